The van der Waals surface area contributed by atoms with Crippen molar-refractivity contribution in [1.29, 1.82) is 5.26 Å². The fourth-order valence-corrected chi connectivity index (χ4v) is 3.33. The average Bonchev–Trinajstić information content (AvgIpc) is 3.02. The van der Waals surface area contributed by atoms with Crippen LogP contribution in [-0.2, 0) is 11.2 Å². The highest BCUT2D eigenvalue weighted by Gasteiger charge is 2.53. The molecule has 0 saturated carbocycles. The third kappa shape index (κ3) is 1.89. The van der Waals surface area contributed by atoms with Gasteiger partial charge in [0, 0.05) is 0 Å². The van der Waals surface area contributed by atoms with E-state index in [-0.39, 0.29) is 23.8 Å². The number of halogens is 1. The number of nitrogens with zero attached hydrogens (tertiary/aromatic N) is 1. The molecule has 2 bridgehead atoms. The van der Waals surface area contributed by atoms with Crippen molar-refractivity contribution in [3.05, 3.63) is 29.6 Å². The number of methoxy groups -OCH3 is 1. The summed E-state index contributed by atoms with van der Waals surface area (Å²) in [6.45, 7) is 0. The largest absolute Gasteiger partial charge is 0.494 e. The monoisotopic (exact) mass is 261 g/mol. The molecule has 2 saturated heterocycles. The Balaban J connectivity index is 1.91. The van der Waals surface area contributed by atoms with Crippen LogP contribution in [0.5, 0.6) is 5.75 Å². The molecule has 0 aromatic heterocycles. The Bertz CT molecular complexity index is 539. The van der Waals surface area contributed by atoms with Gasteiger partial charge in [-0.05, 0) is 37.3 Å². The molecule has 0 radical (unpaired) electrons. The van der Waals surface area contributed by atoms with Crippen LogP contribution in [0.15, 0.2) is 18.2 Å². The van der Waals surface area contributed by atoms with Gasteiger partial charge in [0.2, 0.25) is 0 Å². The van der Waals surface area contributed by atoms with Gasteiger partial charge in [0.1, 0.15) is 0 Å². The summed E-state index contributed by atoms with van der Waals surface area (Å²) in [7, 11) is 1.45. The van der Waals surface area contributed by atoms with Gasteiger partial charge >= 0.3 is 0 Å². The predicted molar refractivity (Wildman–Crippen MR) is 67.2 cm³/mol. The molecule has 3 unspecified atom stereocenters. The van der Waals surface area contributed by atoms with E-state index in [9.17, 15) is 9.65 Å². The number of hydrogen-bond donors (Lipinski definition) is 0. The van der Waals surface area contributed by atoms with Crippen LogP contribution in [0.3, 0.4) is 0 Å². The van der Waals surface area contributed by atoms with Crippen LogP contribution in [-0.4, -0.2) is 19.3 Å². The summed E-state index contributed by atoms with van der Waals surface area (Å²) < 4.78 is 25.0. The lowest BCUT2D eigenvalue weighted by Crippen LogP contribution is -2.33. The maximum atomic E-state index is 14.2. The molecule has 100 valence electrons. The van der Waals surface area contributed by atoms with Gasteiger partial charge in [0.15, 0.2) is 11.6 Å². The van der Waals surface area contributed by atoms with Gasteiger partial charge < -0.3 is 9.47 Å². The lowest BCUT2D eigenvalue weighted by atomic mass is 9.71. The molecule has 0 amide bonds. The lowest BCUT2D eigenvalue weighted by Gasteiger charge is -2.28. The molecule has 3 rings (SSSR count). The highest BCUT2D eigenvalue weighted by atomic mass is 19.1. The second-order valence-corrected chi connectivity index (χ2v) is 5.41. The molecular formula is C15H16FNO2. The molecular weight excluding hydrogens is 245 g/mol. The van der Waals surface area contributed by atoms with E-state index in [0.717, 1.165) is 12.8 Å². The first-order chi connectivity index (χ1) is 9.18. The van der Waals surface area contributed by atoms with E-state index in [1.807, 2.05) is 0 Å². The van der Waals surface area contributed by atoms with E-state index < -0.39 is 5.41 Å². The molecule has 0 spiro atoms. The van der Waals surface area contributed by atoms with Crippen molar-refractivity contribution in [3.8, 4) is 11.8 Å². The van der Waals surface area contributed by atoms with E-state index >= 15 is 0 Å². The zero-order chi connectivity index (χ0) is 13.5. The van der Waals surface area contributed by atoms with Crippen LogP contribution in [0.1, 0.15) is 24.8 Å². The summed E-state index contributed by atoms with van der Waals surface area (Å²) in [5.41, 5.74) is -0.0344. The van der Waals surface area contributed by atoms with E-state index in [1.54, 1.807) is 18.2 Å². The summed E-state index contributed by atoms with van der Waals surface area (Å²) in [6, 6.07) is 7.47. The molecule has 0 N–H and O–H groups in total. The number of ether oxygens (including phenoxy) is 2. The minimum absolute atomic E-state index is 0.0481. The first kappa shape index (κ1) is 12.4. The van der Waals surface area contributed by atoms with Crippen molar-refractivity contribution < 1.29 is 13.9 Å². The number of nitriles is 1. The SMILES string of the molecule is COc1cccc(CC2(C#N)CC3CCC2O3)c1F. The predicted octanol–water partition coefficient (Wildman–Crippen LogP) is 2.84. The minimum atomic E-state index is -0.573. The Hall–Kier alpha value is -1.60. The van der Waals surface area contributed by atoms with E-state index in [1.165, 1.54) is 7.11 Å². The Morgan fingerprint density at radius 3 is 2.95 bits per heavy atom. The fraction of sp³-hybridized carbons (Fsp3) is 0.533. The molecule has 2 aliphatic rings. The molecule has 3 nitrogen and oxygen atoms in total. The highest BCUT2D eigenvalue weighted by Crippen LogP contribution is 2.49. The highest BCUT2D eigenvalue weighted by molar-refractivity contribution is 5.33. The summed E-state index contributed by atoms with van der Waals surface area (Å²) in [5, 5.41) is 9.53. The Morgan fingerprint density at radius 2 is 2.37 bits per heavy atom. The van der Waals surface area contributed by atoms with Crippen molar-refractivity contribution >= 4 is 0 Å². The van der Waals surface area contributed by atoms with Gasteiger partial charge in [-0.3, -0.25) is 0 Å². The van der Waals surface area contributed by atoms with Gasteiger partial charge in [-0.25, -0.2) is 4.39 Å². The molecule has 3 atom stereocenters. The summed E-state index contributed by atoms with van der Waals surface area (Å²) in [4.78, 5) is 0. The molecule has 0 aliphatic carbocycles. The second-order valence-electron chi connectivity index (χ2n) is 5.41. The average molecular weight is 261 g/mol. The van der Waals surface area contributed by atoms with Gasteiger partial charge in [-0.2, -0.15) is 5.26 Å². The molecule has 2 fully saturated rings. The van der Waals surface area contributed by atoms with E-state index in [0.29, 0.717) is 18.4 Å². The normalized spacial score (nSPS) is 32.3. The van der Waals surface area contributed by atoms with Crippen LogP contribution >= 0.6 is 0 Å². The molecule has 2 aliphatic heterocycles. The molecule has 1 aromatic carbocycles. The minimum Gasteiger partial charge on any atom is -0.494 e. The van der Waals surface area contributed by atoms with E-state index in [2.05, 4.69) is 6.07 Å². The van der Waals surface area contributed by atoms with Crippen LogP contribution in [0, 0.1) is 22.6 Å². The standard InChI is InChI=1S/C15H16FNO2/c1-18-12-4-2-3-10(14(12)16)7-15(9-17)8-11-5-6-13(15)19-11/h2-4,11,13H,5-8H2,1H3. The number of fused-ring (bicyclic) bond motifs is 2. The first-order valence-corrected chi connectivity index (χ1v) is 6.56. The lowest BCUT2D eigenvalue weighted by molar-refractivity contribution is 0.0785. The molecule has 2 heterocycles. The van der Waals surface area contributed by atoms with Gasteiger partial charge in [0.25, 0.3) is 0 Å². The number of benzene rings is 1. The number of rotatable bonds is 3. The van der Waals surface area contributed by atoms with Crippen molar-refractivity contribution in [3.63, 3.8) is 0 Å². The second kappa shape index (κ2) is 4.50. The van der Waals surface area contributed by atoms with Gasteiger partial charge in [0.05, 0.1) is 30.8 Å². The Morgan fingerprint density at radius 1 is 1.53 bits per heavy atom. The van der Waals surface area contributed by atoms with Crippen molar-refractivity contribution in [2.75, 3.05) is 7.11 Å². The van der Waals surface area contributed by atoms with Crippen LogP contribution in [0.4, 0.5) is 4.39 Å². The van der Waals surface area contributed by atoms with Gasteiger partial charge in [-0.15, -0.1) is 0 Å². The van der Waals surface area contributed by atoms with E-state index in [4.69, 9.17) is 9.47 Å². The summed E-state index contributed by atoms with van der Waals surface area (Å²) >= 11 is 0. The summed E-state index contributed by atoms with van der Waals surface area (Å²) in [6.07, 6.45) is 3.17. The summed E-state index contributed by atoms with van der Waals surface area (Å²) in [5.74, 6) is -0.128. The Kier molecular flexibility index (Phi) is 2.94. The maximum absolute atomic E-state index is 14.2. The topological polar surface area (TPSA) is 42.2 Å². The number of hydrogen-bond acceptors (Lipinski definition) is 3. The molecule has 4 heteroatoms. The van der Waals surface area contributed by atoms with Gasteiger partial charge in [-0.1, -0.05) is 12.1 Å². The maximum Gasteiger partial charge on any atom is 0.168 e. The smallest absolute Gasteiger partial charge is 0.168 e. The third-order valence-electron chi connectivity index (χ3n) is 4.31. The van der Waals surface area contributed by atoms with Crippen LogP contribution in [0.25, 0.3) is 0 Å². The Labute approximate surface area is 111 Å². The van der Waals surface area contributed by atoms with Crippen molar-refractivity contribution in [1.82, 2.24) is 0 Å². The fourth-order valence-electron chi connectivity index (χ4n) is 3.33. The quantitative estimate of drug-likeness (QED) is 0.840. The third-order valence-corrected chi connectivity index (χ3v) is 4.31. The molecule has 19 heavy (non-hydrogen) atoms. The van der Waals surface area contributed by atoms with Crippen LogP contribution < -0.4 is 4.74 Å². The molecule has 1 aromatic rings. The van der Waals surface area contributed by atoms with Crippen molar-refractivity contribution in [2.24, 2.45) is 5.41 Å². The first-order valence-electron chi connectivity index (χ1n) is 6.56. The zero-order valence-corrected chi connectivity index (χ0v) is 10.9. The zero-order valence-electron chi connectivity index (χ0n) is 10.9. The van der Waals surface area contributed by atoms with Crippen molar-refractivity contribution in [2.45, 2.75) is 37.9 Å². The van der Waals surface area contributed by atoms with Crippen LogP contribution in [0.2, 0.25) is 0 Å².